The molecule has 0 saturated carbocycles. The van der Waals surface area contributed by atoms with Crippen molar-refractivity contribution in [2.24, 2.45) is 0 Å². The Labute approximate surface area is 263 Å². The predicted octanol–water partition coefficient (Wildman–Crippen LogP) is 9.88. The molecule has 0 amide bonds. The fraction of sp³-hybridized carbons (Fsp3) is 0.406. The number of alkyl halides is 3. The molecule has 0 saturated heterocycles. The van der Waals surface area contributed by atoms with Gasteiger partial charge in [-0.25, -0.2) is 9.18 Å². The van der Waals surface area contributed by atoms with Gasteiger partial charge in [0.2, 0.25) is 0 Å². The Hall–Kier alpha value is -2.34. The molecule has 43 heavy (non-hydrogen) atoms. The lowest BCUT2D eigenvalue weighted by atomic mass is 10.1. The van der Waals surface area contributed by atoms with E-state index in [4.69, 9.17) is 4.74 Å². The predicted molar refractivity (Wildman–Crippen MR) is 169 cm³/mol. The van der Waals surface area contributed by atoms with Gasteiger partial charge in [0.1, 0.15) is 5.82 Å². The molecule has 5 nitrogen and oxygen atoms in total. The number of halogens is 4. The highest BCUT2D eigenvalue weighted by atomic mass is 79.9. The van der Waals surface area contributed by atoms with E-state index in [1.165, 1.54) is 37.8 Å². The van der Waals surface area contributed by atoms with E-state index >= 15 is 8.78 Å². The summed E-state index contributed by atoms with van der Waals surface area (Å²) in [6.45, 7) is -0.316. The molecule has 236 valence electrons. The molecular formula is C32H39BrF3O5S2+. The Morgan fingerprint density at radius 1 is 0.674 bits per heavy atom. The van der Waals surface area contributed by atoms with Gasteiger partial charge in [-0.3, -0.25) is 3.63 Å². The molecule has 0 aliphatic carbocycles. The van der Waals surface area contributed by atoms with Gasteiger partial charge in [0.05, 0.1) is 31.6 Å². The molecule has 0 bridgehead atoms. The largest absolute Gasteiger partial charge is 0.514 e. The Bertz CT molecular complexity index is 1320. The topological polar surface area (TPSA) is 73.2 Å². The molecule has 3 aromatic rings. The van der Waals surface area contributed by atoms with Gasteiger partial charge in [0.15, 0.2) is 0 Å². The van der Waals surface area contributed by atoms with E-state index in [9.17, 15) is 17.6 Å². The number of benzene rings is 3. The molecule has 0 radical (unpaired) electrons. The lowest BCUT2D eigenvalue weighted by molar-refractivity contribution is -0.161. The molecule has 3 aromatic carbocycles. The van der Waals surface area contributed by atoms with Crippen LogP contribution in [0.25, 0.3) is 0 Å². The van der Waals surface area contributed by atoms with E-state index in [1.807, 2.05) is 0 Å². The maximum Gasteiger partial charge on any atom is 0.514 e. The van der Waals surface area contributed by atoms with E-state index < -0.39 is 37.5 Å². The third-order valence-electron chi connectivity index (χ3n) is 6.86. The summed E-state index contributed by atoms with van der Waals surface area (Å²) >= 11 is 3.43. The summed E-state index contributed by atoms with van der Waals surface area (Å²) in [5.74, 6) is -2.75. The second-order valence-corrected chi connectivity index (χ2v) is 15.5. The van der Waals surface area contributed by atoms with Crippen LogP contribution in [0.3, 0.4) is 0 Å². The summed E-state index contributed by atoms with van der Waals surface area (Å²) in [6.07, 6.45) is 9.96. The first-order valence-electron chi connectivity index (χ1n) is 14.4. The lowest BCUT2D eigenvalue weighted by Gasteiger charge is -2.35. The number of rotatable bonds is 19. The first kappa shape index (κ1) is 35.1. The van der Waals surface area contributed by atoms with Crippen LogP contribution in [0.2, 0.25) is 0 Å². The molecule has 0 aromatic heterocycles. The van der Waals surface area contributed by atoms with E-state index in [0.717, 1.165) is 43.1 Å². The number of carbonyl (C=O) groups is 1. The summed E-state index contributed by atoms with van der Waals surface area (Å²) in [4.78, 5) is 13.3. The molecule has 0 unspecified atom stereocenters. The maximum atomic E-state index is 15.4. The highest BCUT2D eigenvalue weighted by Crippen LogP contribution is 2.68. The van der Waals surface area contributed by atoms with Gasteiger partial charge in [0, 0.05) is 5.33 Å². The zero-order valence-electron chi connectivity index (χ0n) is 24.0. The van der Waals surface area contributed by atoms with Gasteiger partial charge >= 0.3 is 21.3 Å². The van der Waals surface area contributed by atoms with Gasteiger partial charge < -0.3 is 4.74 Å². The van der Waals surface area contributed by atoms with Gasteiger partial charge in [-0.1, -0.05) is 104 Å². The molecule has 0 fully saturated rings. The number of hydrogen-bond donors (Lipinski definition) is 0. The minimum absolute atomic E-state index is 0.206. The van der Waals surface area contributed by atoms with Crippen LogP contribution < -0.4 is 0 Å². The normalized spacial score (nSPS) is 12.7. The number of unbranched alkanes of at least 4 members (excludes halogenated alkanes) is 9. The van der Waals surface area contributed by atoms with Crippen molar-refractivity contribution in [3.63, 3.8) is 0 Å². The van der Waals surface area contributed by atoms with Crippen LogP contribution in [0.4, 0.5) is 13.2 Å². The smallest absolute Gasteiger partial charge is 0.460 e. The zero-order valence-corrected chi connectivity index (χ0v) is 27.2. The molecule has 3 rings (SSSR count). The molecule has 0 aliphatic heterocycles. The van der Waals surface area contributed by atoms with Crippen molar-refractivity contribution in [1.29, 1.82) is 0 Å². The van der Waals surface area contributed by atoms with Crippen molar-refractivity contribution in [1.82, 2.24) is 0 Å². The Morgan fingerprint density at radius 3 is 1.56 bits per heavy atom. The highest BCUT2D eigenvalue weighted by molar-refractivity contribution is 9.09. The average Bonchev–Trinajstić information content (AvgIpc) is 3.01. The van der Waals surface area contributed by atoms with E-state index in [-0.39, 0.29) is 11.5 Å². The maximum absolute atomic E-state index is 15.4. The molecule has 11 heteroatoms. The van der Waals surface area contributed by atoms with Crippen molar-refractivity contribution in [3.8, 4) is 0 Å². The van der Waals surface area contributed by atoms with Crippen LogP contribution in [0, 0.1) is 5.82 Å². The quantitative estimate of drug-likeness (QED) is 0.0410. The van der Waals surface area contributed by atoms with Crippen molar-refractivity contribution >= 4 is 42.3 Å². The van der Waals surface area contributed by atoms with Crippen LogP contribution in [0.1, 0.15) is 64.2 Å². The summed E-state index contributed by atoms with van der Waals surface area (Å²) in [7, 11) is -9.07. The van der Waals surface area contributed by atoms with Gasteiger partial charge in [-0.05, 0) is 61.4 Å². The van der Waals surface area contributed by atoms with E-state index in [0.29, 0.717) is 22.6 Å². The standard InChI is InChI=1S/C32H38BrF3O5S2/c33-25-15-7-5-3-1-2-4-6-8-16-26-40-31(37)32(35,36)43(38,39)41-42(28-17-11-9-12-18-28,29-19-13-10-14-20-29)30-23-21-27(34)22-24-30/h9-14,17-24H,1-8,15-16,25-26H2/p+1. The Morgan fingerprint density at radius 2 is 1.09 bits per heavy atom. The first-order chi connectivity index (χ1) is 20.6. The van der Waals surface area contributed by atoms with E-state index in [1.54, 1.807) is 60.7 Å². The summed E-state index contributed by atoms with van der Waals surface area (Å²) < 4.78 is 79.9. The van der Waals surface area contributed by atoms with Gasteiger partial charge in [0.25, 0.3) is 0 Å². The van der Waals surface area contributed by atoms with Gasteiger partial charge in [-0.15, -0.1) is 8.42 Å². The second-order valence-electron chi connectivity index (χ2n) is 10.1. The minimum atomic E-state index is -5.78. The van der Waals surface area contributed by atoms with Crippen LogP contribution in [-0.4, -0.2) is 35.2 Å². The number of ether oxygens (including phenoxy) is 1. The number of carbonyl (C=O) groups excluding carboxylic acids is 1. The minimum Gasteiger partial charge on any atom is -0.460 e. The third kappa shape index (κ3) is 9.57. The Kier molecular flexibility index (Phi) is 14.1. The second kappa shape index (κ2) is 17.2. The molecule has 0 atom stereocenters. The number of esters is 1. The fourth-order valence-corrected chi connectivity index (χ4v) is 10.3. The molecule has 1 N–H and O–H groups in total. The zero-order chi connectivity index (χ0) is 31.2. The molecular weight excluding hydrogens is 665 g/mol. The van der Waals surface area contributed by atoms with Crippen LogP contribution in [0.5, 0.6) is 0 Å². The lowest BCUT2D eigenvalue weighted by Crippen LogP contribution is -2.42. The summed E-state index contributed by atoms with van der Waals surface area (Å²) in [5.41, 5.74) is 0. The number of hydrogen-bond acceptors (Lipinski definition) is 4. The SMILES string of the molecule is O=C(OCCCCCCCCCCCCBr)C(F)(F)S(=O)(=O)[OH+]S(c1ccccc1)(c1ccccc1)c1ccc(F)cc1. The van der Waals surface area contributed by atoms with Gasteiger partial charge in [-0.2, -0.15) is 8.78 Å². The van der Waals surface area contributed by atoms with Crippen molar-refractivity contribution in [2.75, 3.05) is 11.9 Å². The summed E-state index contributed by atoms with van der Waals surface area (Å²) in [6, 6.07) is 21.1. The fourth-order valence-electron chi connectivity index (χ4n) is 4.56. The Balaban J connectivity index is 1.71. The van der Waals surface area contributed by atoms with Crippen molar-refractivity contribution < 1.29 is 34.7 Å². The highest BCUT2D eigenvalue weighted by Gasteiger charge is 2.63. The van der Waals surface area contributed by atoms with Crippen molar-refractivity contribution in [2.45, 2.75) is 84.1 Å². The van der Waals surface area contributed by atoms with E-state index in [2.05, 4.69) is 19.6 Å². The van der Waals surface area contributed by atoms with Crippen LogP contribution >= 0.6 is 26.2 Å². The molecule has 0 heterocycles. The monoisotopic (exact) mass is 703 g/mol. The molecule has 0 spiro atoms. The first-order valence-corrected chi connectivity index (χ1v) is 18.6. The molecule has 0 aliphatic rings. The van der Waals surface area contributed by atoms with Crippen molar-refractivity contribution in [3.05, 3.63) is 90.7 Å². The van der Waals surface area contributed by atoms with Crippen LogP contribution in [0.15, 0.2) is 99.6 Å². The summed E-state index contributed by atoms with van der Waals surface area (Å²) in [5, 5.41) is -3.90. The average molecular weight is 705 g/mol. The van der Waals surface area contributed by atoms with Crippen LogP contribution in [-0.2, 0) is 19.6 Å². The third-order valence-corrected chi connectivity index (χ3v) is 12.8.